The molecular formula is C7H11NO4. The Morgan fingerprint density at radius 1 is 1.50 bits per heavy atom. The Bertz CT molecular complexity index is 182. The number of rotatable bonds is 3. The lowest BCUT2D eigenvalue weighted by Gasteiger charge is -2.20. The summed E-state index contributed by atoms with van der Waals surface area (Å²) in [5.74, 6) is -0.234. The first kappa shape index (κ1) is 8.83. The Morgan fingerprint density at radius 3 is 2.58 bits per heavy atom. The van der Waals surface area contributed by atoms with Crippen molar-refractivity contribution >= 4 is 12.1 Å². The van der Waals surface area contributed by atoms with Gasteiger partial charge in [0.2, 0.25) is 5.91 Å². The van der Waals surface area contributed by atoms with Crippen molar-refractivity contribution < 1.29 is 19.1 Å². The Morgan fingerprint density at radius 2 is 2.08 bits per heavy atom. The molecule has 0 aromatic rings. The first-order valence-corrected chi connectivity index (χ1v) is 3.76. The molecule has 0 bridgehead atoms. The van der Waals surface area contributed by atoms with E-state index < -0.39 is 6.16 Å². The van der Waals surface area contributed by atoms with E-state index in [1.165, 1.54) is 0 Å². The van der Waals surface area contributed by atoms with E-state index in [-0.39, 0.29) is 11.8 Å². The third-order valence-electron chi connectivity index (χ3n) is 1.67. The highest BCUT2D eigenvalue weighted by Crippen LogP contribution is 2.12. The van der Waals surface area contributed by atoms with E-state index in [0.29, 0.717) is 26.1 Å². The second kappa shape index (κ2) is 3.94. The van der Waals surface area contributed by atoms with Crippen molar-refractivity contribution in [2.24, 2.45) is 11.7 Å². The van der Waals surface area contributed by atoms with Crippen LogP contribution in [0.2, 0.25) is 0 Å². The molecule has 1 fully saturated rings. The summed E-state index contributed by atoms with van der Waals surface area (Å²) in [4.78, 5) is 20.8. The Balaban J connectivity index is 2.17. The van der Waals surface area contributed by atoms with Gasteiger partial charge in [-0.05, 0) is 6.42 Å². The van der Waals surface area contributed by atoms with Crippen LogP contribution in [-0.2, 0) is 14.3 Å². The van der Waals surface area contributed by atoms with Crippen LogP contribution in [0, 0.1) is 5.92 Å². The van der Waals surface area contributed by atoms with Crippen molar-refractivity contribution in [3.05, 3.63) is 0 Å². The molecule has 0 aromatic carbocycles. The van der Waals surface area contributed by atoms with Crippen LogP contribution < -0.4 is 5.73 Å². The monoisotopic (exact) mass is 173 g/mol. The Hall–Kier alpha value is -1.26. The largest absolute Gasteiger partial charge is 0.508 e. The minimum absolute atomic E-state index is 0.107. The smallest absolute Gasteiger partial charge is 0.434 e. The maximum Gasteiger partial charge on any atom is 0.508 e. The number of primary amides is 1. The van der Waals surface area contributed by atoms with Crippen LogP contribution in [0.5, 0.6) is 0 Å². The second-order valence-corrected chi connectivity index (χ2v) is 2.74. The van der Waals surface area contributed by atoms with Gasteiger partial charge in [0.15, 0.2) is 0 Å². The molecule has 0 unspecified atom stereocenters. The summed E-state index contributed by atoms with van der Waals surface area (Å²) < 4.78 is 9.22. The minimum Gasteiger partial charge on any atom is -0.434 e. The average Bonchev–Trinajstić information content (AvgIpc) is 2.03. The van der Waals surface area contributed by atoms with Crippen molar-refractivity contribution in [1.29, 1.82) is 0 Å². The zero-order chi connectivity index (χ0) is 8.97. The second-order valence-electron chi connectivity index (χ2n) is 2.74. The fourth-order valence-corrected chi connectivity index (χ4v) is 0.975. The van der Waals surface area contributed by atoms with E-state index in [2.05, 4.69) is 9.47 Å². The van der Waals surface area contributed by atoms with Gasteiger partial charge in [-0.3, -0.25) is 4.79 Å². The number of amides is 1. The number of hydrogen-bond donors (Lipinski definition) is 1. The highest BCUT2D eigenvalue weighted by molar-refractivity contribution is 5.73. The summed E-state index contributed by atoms with van der Waals surface area (Å²) >= 11 is 0. The molecule has 2 N–H and O–H groups in total. The molecule has 0 aliphatic carbocycles. The quantitative estimate of drug-likeness (QED) is 0.611. The lowest BCUT2D eigenvalue weighted by Crippen LogP contribution is -2.28. The highest BCUT2D eigenvalue weighted by atomic mass is 16.7. The number of hydrogen-bond acceptors (Lipinski definition) is 4. The zero-order valence-electron chi connectivity index (χ0n) is 6.62. The maximum atomic E-state index is 10.4. The fourth-order valence-electron chi connectivity index (χ4n) is 0.975. The van der Waals surface area contributed by atoms with Gasteiger partial charge in [-0.25, -0.2) is 4.79 Å². The molecule has 5 nitrogen and oxygen atoms in total. The van der Waals surface area contributed by atoms with Crippen LogP contribution in [0.4, 0.5) is 4.79 Å². The molecule has 68 valence electrons. The molecule has 1 heterocycles. The van der Waals surface area contributed by atoms with Crippen molar-refractivity contribution in [2.75, 3.05) is 13.2 Å². The van der Waals surface area contributed by atoms with Gasteiger partial charge >= 0.3 is 6.16 Å². The van der Waals surface area contributed by atoms with Crippen molar-refractivity contribution in [1.82, 2.24) is 0 Å². The molecule has 1 aliphatic heterocycles. The van der Waals surface area contributed by atoms with Crippen LogP contribution in [0.3, 0.4) is 0 Å². The van der Waals surface area contributed by atoms with Crippen LogP contribution in [0.25, 0.3) is 0 Å². The first-order valence-electron chi connectivity index (χ1n) is 3.76. The van der Waals surface area contributed by atoms with Crippen LogP contribution in [-0.4, -0.2) is 25.3 Å². The molecule has 1 saturated heterocycles. The summed E-state index contributed by atoms with van der Waals surface area (Å²) in [6.07, 6.45) is 0.291. The number of cyclic esters (lactones) is 2. The average molecular weight is 173 g/mol. The standard InChI is InChI=1S/C7H11NO4/c8-6(9)2-1-5-3-11-7(10)12-4-5/h5H,1-4H2,(H2,8,9). The molecule has 0 atom stereocenters. The third kappa shape index (κ3) is 2.77. The van der Waals surface area contributed by atoms with Crippen molar-refractivity contribution in [3.8, 4) is 0 Å². The number of nitrogens with two attached hydrogens (primary N) is 1. The van der Waals surface area contributed by atoms with Crippen LogP contribution in [0.15, 0.2) is 0 Å². The lowest BCUT2D eigenvalue weighted by molar-refractivity contribution is -0.118. The van der Waals surface area contributed by atoms with E-state index in [1.807, 2.05) is 0 Å². The lowest BCUT2D eigenvalue weighted by atomic mass is 10.1. The topological polar surface area (TPSA) is 78.6 Å². The molecule has 1 aliphatic rings. The van der Waals surface area contributed by atoms with Crippen molar-refractivity contribution in [3.63, 3.8) is 0 Å². The molecule has 0 radical (unpaired) electrons. The predicted molar refractivity (Wildman–Crippen MR) is 39.2 cm³/mol. The molecule has 12 heavy (non-hydrogen) atoms. The van der Waals surface area contributed by atoms with Gasteiger partial charge in [-0.1, -0.05) is 0 Å². The van der Waals surface area contributed by atoms with Gasteiger partial charge in [0, 0.05) is 12.3 Å². The van der Waals surface area contributed by atoms with E-state index in [4.69, 9.17) is 5.73 Å². The van der Waals surface area contributed by atoms with Crippen LogP contribution in [0.1, 0.15) is 12.8 Å². The predicted octanol–water partition coefficient (Wildman–Crippen LogP) is 0.0349. The fraction of sp³-hybridized carbons (Fsp3) is 0.714. The van der Waals surface area contributed by atoms with Crippen LogP contribution >= 0.6 is 0 Å². The van der Waals surface area contributed by atoms with E-state index in [9.17, 15) is 9.59 Å². The van der Waals surface area contributed by atoms with Gasteiger partial charge in [0.25, 0.3) is 0 Å². The van der Waals surface area contributed by atoms with Gasteiger partial charge < -0.3 is 15.2 Å². The van der Waals surface area contributed by atoms with E-state index >= 15 is 0 Å². The van der Waals surface area contributed by atoms with E-state index in [0.717, 1.165) is 0 Å². The molecular weight excluding hydrogens is 162 g/mol. The summed E-state index contributed by atoms with van der Waals surface area (Å²) in [5, 5.41) is 0. The van der Waals surface area contributed by atoms with Gasteiger partial charge in [0.05, 0.1) is 0 Å². The normalized spacial score (nSPS) is 18.2. The highest BCUT2D eigenvalue weighted by Gasteiger charge is 2.20. The number of carbonyl (C=O) groups excluding carboxylic acids is 2. The van der Waals surface area contributed by atoms with Crippen molar-refractivity contribution in [2.45, 2.75) is 12.8 Å². The molecule has 5 heteroatoms. The molecule has 0 aromatic heterocycles. The summed E-state index contributed by atoms with van der Waals surface area (Å²) in [5.41, 5.74) is 4.95. The van der Waals surface area contributed by atoms with Gasteiger partial charge in [-0.15, -0.1) is 0 Å². The van der Waals surface area contributed by atoms with Gasteiger partial charge in [-0.2, -0.15) is 0 Å². The van der Waals surface area contributed by atoms with E-state index in [1.54, 1.807) is 0 Å². The maximum absolute atomic E-state index is 10.4. The third-order valence-corrected chi connectivity index (χ3v) is 1.67. The minimum atomic E-state index is -0.634. The molecule has 0 spiro atoms. The molecule has 1 amide bonds. The zero-order valence-corrected chi connectivity index (χ0v) is 6.62. The Kier molecular flexibility index (Phi) is 2.90. The molecule has 1 rings (SSSR count). The molecule has 0 saturated carbocycles. The summed E-state index contributed by atoms with van der Waals surface area (Å²) in [6, 6.07) is 0. The first-order chi connectivity index (χ1) is 5.68. The number of ether oxygens (including phenoxy) is 2. The van der Waals surface area contributed by atoms with Gasteiger partial charge in [0.1, 0.15) is 13.2 Å². The SMILES string of the molecule is NC(=O)CCC1COC(=O)OC1. The Labute approximate surface area is 69.8 Å². The number of carbonyl (C=O) groups is 2. The summed E-state index contributed by atoms with van der Waals surface area (Å²) in [6.45, 7) is 0.651. The summed E-state index contributed by atoms with van der Waals surface area (Å²) in [7, 11) is 0.